The Morgan fingerprint density at radius 2 is 1.32 bits per heavy atom. The molecule has 1 fully saturated rings. The summed E-state index contributed by atoms with van der Waals surface area (Å²) in [5.74, 6) is 0.480. The van der Waals surface area contributed by atoms with Crippen LogP contribution in [0.4, 0.5) is 5.69 Å². The van der Waals surface area contributed by atoms with Gasteiger partial charge in [0, 0.05) is 24.3 Å². The third-order valence-corrected chi connectivity index (χ3v) is 10.0. The maximum atomic E-state index is 13.5. The minimum absolute atomic E-state index is 0.00573. The van der Waals surface area contributed by atoms with E-state index in [0.29, 0.717) is 30.4 Å². The molecule has 1 aliphatic heterocycles. The highest BCUT2D eigenvalue weighted by Crippen LogP contribution is 2.24. The molecule has 0 spiro atoms. The Hall–Kier alpha value is -3.75. The molecule has 210 valence electrons. The van der Waals surface area contributed by atoms with Crippen LogP contribution in [0.3, 0.4) is 0 Å². The lowest BCUT2D eigenvalue weighted by Crippen LogP contribution is -2.40. The van der Waals surface area contributed by atoms with Gasteiger partial charge in [-0.3, -0.25) is 4.79 Å². The van der Waals surface area contributed by atoms with E-state index in [9.17, 15) is 21.6 Å². The van der Waals surface area contributed by atoms with Gasteiger partial charge in [0.1, 0.15) is 11.5 Å². The quantitative estimate of drug-likeness (QED) is 0.298. The number of furan rings is 2. The fourth-order valence-corrected chi connectivity index (χ4v) is 6.94. The lowest BCUT2D eigenvalue weighted by atomic mass is 10.2. The second-order valence-corrected chi connectivity index (χ2v) is 12.8. The summed E-state index contributed by atoms with van der Waals surface area (Å²) in [4.78, 5) is 12.9. The molecule has 40 heavy (non-hydrogen) atoms. The minimum atomic E-state index is -3.95. The number of carbonyl (C=O) groups is 1. The smallest absolute Gasteiger partial charge is 0.255 e. The van der Waals surface area contributed by atoms with Crippen molar-refractivity contribution < 1.29 is 35.2 Å². The number of hydrogen-bond acceptors (Lipinski definition) is 8. The summed E-state index contributed by atoms with van der Waals surface area (Å²) in [6, 6.07) is 18.2. The van der Waals surface area contributed by atoms with E-state index in [-0.39, 0.29) is 41.5 Å². The molecule has 13 heteroatoms. The molecular formula is C27H27N3O8S2. The zero-order valence-corrected chi connectivity index (χ0v) is 22.9. The van der Waals surface area contributed by atoms with Crippen molar-refractivity contribution >= 4 is 31.6 Å². The summed E-state index contributed by atoms with van der Waals surface area (Å²) in [6.07, 6.45) is 2.95. The van der Waals surface area contributed by atoms with Gasteiger partial charge < -0.3 is 18.9 Å². The Morgan fingerprint density at radius 3 is 1.85 bits per heavy atom. The maximum absolute atomic E-state index is 13.5. The molecule has 4 aromatic rings. The summed E-state index contributed by atoms with van der Waals surface area (Å²) in [5.41, 5.74) is 0.623. The zero-order chi connectivity index (χ0) is 28.2. The summed E-state index contributed by atoms with van der Waals surface area (Å²) < 4.78 is 71.0. The first-order valence-electron chi connectivity index (χ1n) is 12.4. The number of ether oxygens (including phenoxy) is 1. The molecule has 0 saturated carbocycles. The van der Waals surface area contributed by atoms with E-state index < -0.39 is 26.0 Å². The van der Waals surface area contributed by atoms with Gasteiger partial charge in [0.25, 0.3) is 5.91 Å². The highest BCUT2D eigenvalue weighted by Gasteiger charge is 2.28. The molecule has 2 aromatic heterocycles. The van der Waals surface area contributed by atoms with Crippen molar-refractivity contribution in [3.63, 3.8) is 0 Å². The zero-order valence-electron chi connectivity index (χ0n) is 21.3. The number of hydrogen-bond donors (Lipinski definition) is 1. The Labute approximate surface area is 232 Å². The normalized spacial score (nSPS) is 14.8. The predicted octanol–water partition coefficient (Wildman–Crippen LogP) is 3.54. The van der Waals surface area contributed by atoms with Crippen LogP contribution in [0.1, 0.15) is 21.9 Å². The monoisotopic (exact) mass is 585 g/mol. The molecule has 1 aliphatic rings. The van der Waals surface area contributed by atoms with Gasteiger partial charge >= 0.3 is 0 Å². The number of rotatable bonds is 10. The van der Waals surface area contributed by atoms with E-state index in [0.717, 1.165) is 0 Å². The number of sulfonamides is 2. The van der Waals surface area contributed by atoms with E-state index in [2.05, 4.69) is 5.32 Å². The summed E-state index contributed by atoms with van der Waals surface area (Å²) in [5, 5.41) is 2.71. The molecule has 5 rings (SSSR count). The second-order valence-electron chi connectivity index (χ2n) is 8.95. The van der Waals surface area contributed by atoms with Crippen LogP contribution in [-0.4, -0.2) is 57.7 Å². The van der Waals surface area contributed by atoms with Crippen LogP contribution in [-0.2, 0) is 37.9 Å². The third-order valence-electron chi connectivity index (χ3n) is 6.30. The summed E-state index contributed by atoms with van der Waals surface area (Å²) in [6.45, 7) is 1.24. The summed E-state index contributed by atoms with van der Waals surface area (Å²) in [7, 11) is -7.62. The molecule has 1 amide bonds. The van der Waals surface area contributed by atoms with Gasteiger partial charge in [0.2, 0.25) is 20.0 Å². The number of morpholine rings is 1. The topological polar surface area (TPSA) is 139 Å². The molecule has 0 unspecified atom stereocenters. The van der Waals surface area contributed by atoms with E-state index in [4.69, 9.17) is 13.6 Å². The lowest BCUT2D eigenvalue weighted by molar-refractivity contribution is 0.0730. The number of nitrogens with one attached hydrogen (secondary N) is 1. The van der Waals surface area contributed by atoms with E-state index >= 15 is 0 Å². The van der Waals surface area contributed by atoms with Crippen LogP contribution >= 0.6 is 0 Å². The Balaban J connectivity index is 1.27. The molecule has 3 heterocycles. The Kier molecular flexibility index (Phi) is 8.19. The van der Waals surface area contributed by atoms with Crippen LogP contribution in [0, 0.1) is 0 Å². The van der Waals surface area contributed by atoms with Gasteiger partial charge in [0.15, 0.2) is 0 Å². The van der Waals surface area contributed by atoms with Crippen LogP contribution in [0.2, 0.25) is 0 Å². The van der Waals surface area contributed by atoms with Crippen molar-refractivity contribution in [2.45, 2.75) is 22.9 Å². The van der Waals surface area contributed by atoms with E-state index in [1.54, 1.807) is 24.3 Å². The molecule has 2 aromatic carbocycles. The number of carbonyl (C=O) groups excluding carboxylic acids is 1. The van der Waals surface area contributed by atoms with Gasteiger partial charge in [-0.05, 0) is 72.8 Å². The first-order valence-corrected chi connectivity index (χ1v) is 15.3. The van der Waals surface area contributed by atoms with Crippen molar-refractivity contribution in [2.24, 2.45) is 0 Å². The third kappa shape index (κ3) is 6.18. The second kappa shape index (κ2) is 11.8. The Morgan fingerprint density at radius 1 is 0.775 bits per heavy atom. The first kappa shape index (κ1) is 27.8. The maximum Gasteiger partial charge on any atom is 0.255 e. The largest absolute Gasteiger partial charge is 0.468 e. The molecule has 1 N–H and O–H groups in total. The minimum Gasteiger partial charge on any atom is -0.468 e. The first-order chi connectivity index (χ1) is 19.2. The number of anilines is 1. The number of nitrogens with zero attached hydrogens (tertiary/aromatic N) is 2. The fourth-order valence-electron chi connectivity index (χ4n) is 4.16. The summed E-state index contributed by atoms with van der Waals surface area (Å²) >= 11 is 0. The van der Waals surface area contributed by atoms with Crippen molar-refractivity contribution in [1.82, 2.24) is 8.61 Å². The van der Waals surface area contributed by atoms with E-state index in [1.165, 1.54) is 69.7 Å². The van der Waals surface area contributed by atoms with Gasteiger partial charge in [-0.2, -0.15) is 8.61 Å². The van der Waals surface area contributed by atoms with Crippen LogP contribution < -0.4 is 5.32 Å². The van der Waals surface area contributed by atoms with Gasteiger partial charge in [-0.1, -0.05) is 0 Å². The van der Waals surface area contributed by atoms with Crippen molar-refractivity contribution in [3.05, 3.63) is 102 Å². The van der Waals surface area contributed by atoms with Gasteiger partial charge in [-0.25, -0.2) is 16.8 Å². The SMILES string of the molecule is O=C(Nc1ccc(S(=O)(=O)N(Cc2ccco2)Cc2ccco2)cc1)c1ccc(S(=O)(=O)N2CCOCC2)cc1. The van der Waals surface area contributed by atoms with Crippen LogP contribution in [0.15, 0.2) is 104 Å². The fraction of sp³-hybridized carbons (Fsp3) is 0.222. The lowest BCUT2D eigenvalue weighted by Gasteiger charge is -2.26. The van der Waals surface area contributed by atoms with Gasteiger partial charge in [-0.15, -0.1) is 0 Å². The molecular weight excluding hydrogens is 558 g/mol. The van der Waals surface area contributed by atoms with Crippen molar-refractivity contribution in [3.8, 4) is 0 Å². The number of benzene rings is 2. The molecule has 0 aliphatic carbocycles. The van der Waals surface area contributed by atoms with E-state index in [1.807, 2.05) is 0 Å². The predicted molar refractivity (Wildman–Crippen MR) is 144 cm³/mol. The molecule has 0 radical (unpaired) electrons. The highest BCUT2D eigenvalue weighted by molar-refractivity contribution is 7.89. The van der Waals surface area contributed by atoms with Crippen LogP contribution in [0.25, 0.3) is 0 Å². The molecule has 11 nitrogen and oxygen atoms in total. The van der Waals surface area contributed by atoms with Crippen molar-refractivity contribution in [1.29, 1.82) is 0 Å². The average molecular weight is 586 g/mol. The van der Waals surface area contributed by atoms with Crippen LogP contribution in [0.5, 0.6) is 0 Å². The molecule has 0 bridgehead atoms. The highest BCUT2D eigenvalue weighted by atomic mass is 32.2. The van der Waals surface area contributed by atoms with Crippen molar-refractivity contribution in [2.75, 3.05) is 31.6 Å². The Bertz CT molecular complexity index is 1590. The van der Waals surface area contributed by atoms with Gasteiger partial charge in [0.05, 0.1) is 48.6 Å². The molecule has 1 saturated heterocycles. The average Bonchev–Trinajstić information content (AvgIpc) is 3.68. The molecule has 0 atom stereocenters. The number of amides is 1. The standard InChI is InChI=1S/C27H27N3O8S2/c31-27(21-5-9-25(10-6-21)39(32,33)29-13-17-36-18-14-29)28-22-7-11-26(12-8-22)40(34,35)30(19-23-3-1-15-37-23)20-24-4-2-16-38-24/h1-12,15-16H,13-14,17-20H2,(H,28,31).